The Balaban J connectivity index is 1.07. The van der Waals surface area contributed by atoms with E-state index in [1.54, 1.807) is 16.4 Å². The Hall–Kier alpha value is -3.47. The van der Waals surface area contributed by atoms with E-state index < -0.39 is 17.5 Å². The van der Waals surface area contributed by atoms with Crippen LogP contribution in [0.4, 0.5) is 4.79 Å². The van der Waals surface area contributed by atoms with Gasteiger partial charge in [0.2, 0.25) is 0 Å². The van der Waals surface area contributed by atoms with E-state index in [-0.39, 0.29) is 12.0 Å². The molecule has 0 amide bonds. The number of hydrogen-bond donors (Lipinski definition) is 0. The molecule has 2 unspecified atom stereocenters. The number of hydrogen-bond acceptors (Lipinski definition) is 9. The van der Waals surface area contributed by atoms with Gasteiger partial charge >= 0.3 is 6.16 Å². The topological polar surface area (TPSA) is 75.7 Å². The van der Waals surface area contributed by atoms with E-state index in [1.165, 1.54) is 15.6 Å². The lowest BCUT2D eigenvalue weighted by Crippen LogP contribution is -2.45. The SMILES string of the molecule is CC(C)(C)OC(=O)ON1CCC(c2ccc(OCCCC3(c4ccccc4)OCCO3)cc2)C(OCc2ccc3sccc3c2)C1. The molecule has 0 bridgehead atoms. The highest BCUT2D eigenvalue weighted by atomic mass is 32.1. The van der Waals surface area contributed by atoms with Crippen LogP contribution in [0.15, 0.2) is 84.2 Å². The number of benzene rings is 3. The van der Waals surface area contributed by atoms with Crippen molar-refractivity contribution in [3.8, 4) is 5.75 Å². The van der Waals surface area contributed by atoms with Gasteiger partial charge in [-0.2, -0.15) is 0 Å². The highest BCUT2D eigenvalue weighted by Gasteiger charge is 2.38. The maximum absolute atomic E-state index is 12.4. The van der Waals surface area contributed by atoms with Crippen LogP contribution < -0.4 is 4.74 Å². The summed E-state index contributed by atoms with van der Waals surface area (Å²) in [6.07, 6.45) is 1.38. The number of carbonyl (C=O) groups is 1. The lowest BCUT2D eigenvalue weighted by Gasteiger charge is -2.37. The molecule has 2 fully saturated rings. The number of carbonyl (C=O) groups excluding carboxylic acids is 1. The van der Waals surface area contributed by atoms with Crippen LogP contribution in [0, 0.1) is 0 Å². The molecule has 0 saturated carbocycles. The number of thiophene rings is 1. The average molecular weight is 646 g/mol. The quantitative estimate of drug-likeness (QED) is 0.119. The monoisotopic (exact) mass is 645 g/mol. The van der Waals surface area contributed by atoms with Gasteiger partial charge in [0.1, 0.15) is 11.4 Å². The van der Waals surface area contributed by atoms with Crippen LogP contribution in [0.1, 0.15) is 62.6 Å². The van der Waals surface area contributed by atoms with Crippen LogP contribution in [-0.2, 0) is 36.2 Å². The predicted molar refractivity (Wildman–Crippen MR) is 178 cm³/mol. The summed E-state index contributed by atoms with van der Waals surface area (Å²) in [6, 6.07) is 27.0. The minimum atomic E-state index is -0.699. The molecule has 1 aromatic heterocycles. The van der Waals surface area contributed by atoms with Gasteiger partial charge in [-0.3, -0.25) is 0 Å². The van der Waals surface area contributed by atoms with E-state index in [0.29, 0.717) is 39.5 Å². The normalized spacial score (nSPS) is 20.1. The Labute approximate surface area is 275 Å². The highest BCUT2D eigenvalue weighted by molar-refractivity contribution is 7.17. The smallest absolute Gasteiger partial charge is 0.494 e. The maximum atomic E-state index is 12.4. The molecular weight excluding hydrogens is 602 g/mol. The Morgan fingerprint density at radius 2 is 1.78 bits per heavy atom. The van der Waals surface area contributed by atoms with Crippen molar-refractivity contribution in [2.75, 3.05) is 32.9 Å². The molecule has 46 heavy (non-hydrogen) atoms. The first-order chi connectivity index (χ1) is 22.3. The van der Waals surface area contributed by atoms with Gasteiger partial charge in [0, 0.05) is 29.1 Å². The van der Waals surface area contributed by atoms with E-state index in [0.717, 1.165) is 36.1 Å². The third-order valence-corrected chi connectivity index (χ3v) is 9.19. The van der Waals surface area contributed by atoms with Gasteiger partial charge in [-0.25, -0.2) is 4.79 Å². The van der Waals surface area contributed by atoms with E-state index >= 15 is 0 Å². The Morgan fingerprint density at radius 1 is 1.00 bits per heavy atom. The Bertz CT molecular complexity index is 1560. The fourth-order valence-electron chi connectivity index (χ4n) is 6.11. The zero-order valence-corrected chi connectivity index (χ0v) is 27.6. The van der Waals surface area contributed by atoms with E-state index in [2.05, 4.69) is 53.9 Å². The molecule has 244 valence electrons. The van der Waals surface area contributed by atoms with Crippen molar-refractivity contribution in [2.45, 2.75) is 70.1 Å². The van der Waals surface area contributed by atoms with Crippen molar-refractivity contribution < 1.29 is 33.3 Å². The minimum absolute atomic E-state index is 0.125. The molecule has 0 N–H and O–H groups in total. The maximum Gasteiger partial charge on any atom is 0.528 e. The van der Waals surface area contributed by atoms with Crippen LogP contribution in [0.25, 0.3) is 10.1 Å². The van der Waals surface area contributed by atoms with Gasteiger partial charge < -0.3 is 28.5 Å². The van der Waals surface area contributed by atoms with Crippen LogP contribution in [0.3, 0.4) is 0 Å². The molecule has 3 aromatic carbocycles. The lowest BCUT2D eigenvalue weighted by atomic mass is 9.87. The fraction of sp³-hybridized carbons (Fsp3) is 0.432. The van der Waals surface area contributed by atoms with Crippen molar-refractivity contribution >= 4 is 27.6 Å². The lowest BCUT2D eigenvalue weighted by molar-refractivity contribution is -0.179. The van der Waals surface area contributed by atoms with Gasteiger partial charge in [0.25, 0.3) is 0 Å². The second-order valence-corrected chi connectivity index (χ2v) is 13.8. The minimum Gasteiger partial charge on any atom is -0.494 e. The molecule has 2 aliphatic rings. The van der Waals surface area contributed by atoms with Crippen LogP contribution in [-0.4, -0.2) is 55.8 Å². The van der Waals surface area contributed by atoms with Gasteiger partial charge in [-0.05, 0) is 85.8 Å². The van der Waals surface area contributed by atoms with Crippen LogP contribution in [0.5, 0.6) is 5.75 Å². The first-order valence-electron chi connectivity index (χ1n) is 16.1. The van der Waals surface area contributed by atoms with Crippen LogP contribution in [0.2, 0.25) is 0 Å². The molecule has 4 aromatic rings. The van der Waals surface area contributed by atoms with Crippen LogP contribution >= 0.6 is 11.3 Å². The summed E-state index contributed by atoms with van der Waals surface area (Å²) >= 11 is 1.73. The first kappa shape index (κ1) is 32.5. The molecule has 0 aliphatic carbocycles. The average Bonchev–Trinajstić information content (AvgIpc) is 3.72. The molecule has 0 spiro atoms. The third kappa shape index (κ3) is 8.27. The van der Waals surface area contributed by atoms with E-state index in [9.17, 15) is 4.79 Å². The van der Waals surface area contributed by atoms with Crippen molar-refractivity contribution in [1.82, 2.24) is 5.06 Å². The summed E-state index contributed by atoms with van der Waals surface area (Å²) < 4.78 is 31.4. The number of rotatable bonds is 11. The molecular formula is C37H43NO7S. The number of hydroxylamine groups is 2. The van der Waals surface area contributed by atoms with Gasteiger partial charge in [0.05, 0.1) is 39.1 Å². The second kappa shape index (κ2) is 14.5. The van der Waals surface area contributed by atoms with Crippen molar-refractivity contribution in [3.63, 3.8) is 0 Å². The summed E-state index contributed by atoms with van der Waals surface area (Å²) in [7, 11) is 0. The van der Waals surface area contributed by atoms with Crippen molar-refractivity contribution in [1.29, 1.82) is 0 Å². The summed E-state index contributed by atoms with van der Waals surface area (Å²) in [5.41, 5.74) is 2.69. The summed E-state index contributed by atoms with van der Waals surface area (Å²) in [5, 5.41) is 4.98. The molecule has 3 heterocycles. The Morgan fingerprint density at radius 3 is 2.54 bits per heavy atom. The number of nitrogens with zero attached hydrogens (tertiary/aromatic N) is 1. The first-order valence-corrected chi connectivity index (χ1v) is 16.9. The van der Waals surface area contributed by atoms with Gasteiger partial charge in [0.15, 0.2) is 5.79 Å². The molecule has 9 heteroatoms. The number of piperidine rings is 1. The Kier molecular flexibility index (Phi) is 10.3. The standard InChI is InChI=1S/C37H43NO7S/c1-36(2,3)44-35(39)45-38-19-16-32(33(25-38)41-26-27-10-15-34-29(24-27)17-23-46-34)28-11-13-31(14-12-28)40-20-7-18-37(42-21-22-43-37)30-8-5-4-6-9-30/h4-6,8-15,17,23-24,32-33H,7,16,18-22,25-26H2,1-3H3. The summed E-state index contributed by atoms with van der Waals surface area (Å²) in [6.45, 7) is 8.70. The molecule has 2 aliphatic heterocycles. The predicted octanol–water partition coefficient (Wildman–Crippen LogP) is 8.20. The van der Waals surface area contributed by atoms with Crippen molar-refractivity contribution in [3.05, 3.63) is 101 Å². The fourth-order valence-corrected chi connectivity index (χ4v) is 6.88. The van der Waals surface area contributed by atoms with Gasteiger partial charge in [-0.15, -0.1) is 16.4 Å². The number of ether oxygens (including phenoxy) is 5. The highest BCUT2D eigenvalue weighted by Crippen LogP contribution is 2.36. The molecule has 2 atom stereocenters. The second-order valence-electron chi connectivity index (χ2n) is 12.8. The summed E-state index contributed by atoms with van der Waals surface area (Å²) in [5.74, 6) is 0.249. The third-order valence-electron chi connectivity index (χ3n) is 8.29. The largest absolute Gasteiger partial charge is 0.528 e. The van der Waals surface area contributed by atoms with Gasteiger partial charge in [-0.1, -0.05) is 48.5 Å². The molecule has 6 rings (SSSR count). The summed E-state index contributed by atoms with van der Waals surface area (Å²) in [4.78, 5) is 18.0. The van der Waals surface area contributed by atoms with Crippen molar-refractivity contribution in [2.24, 2.45) is 0 Å². The number of fused-ring (bicyclic) bond motifs is 1. The zero-order valence-electron chi connectivity index (χ0n) is 26.8. The molecule has 0 radical (unpaired) electrons. The zero-order chi connectivity index (χ0) is 32.0. The van der Waals surface area contributed by atoms with E-state index in [4.69, 9.17) is 28.5 Å². The van der Waals surface area contributed by atoms with E-state index in [1.807, 2.05) is 51.1 Å². The molecule has 8 nitrogen and oxygen atoms in total. The molecule has 2 saturated heterocycles.